The van der Waals surface area contributed by atoms with Crippen molar-refractivity contribution in [3.05, 3.63) is 0 Å². The third-order valence-electron chi connectivity index (χ3n) is 4.05. The normalized spacial score (nSPS) is 15.6. The number of carbonyl (C=O) groups excluding carboxylic acids is 1. The first-order valence-electron chi connectivity index (χ1n) is 6.78. The van der Waals surface area contributed by atoms with Crippen molar-refractivity contribution in [3.63, 3.8) is 0 Å². The molecule has 0 aliphatic carbocycles. The van der Waals surface area contributed by atoms with Gasteiger partial charge in [-0.25, -0.2) is 0 Å². The summed E-state index contributed by atoms with van der Waals surface area (Å²) in [6.45, 7) is 12.1. The first-order valence-corrected chi connectivity index (χ1v) is 6.78. The van der Waals surface area contributed by atoms with E-state index in [-0.39, 0.29) is 11.5 Å². The first-order chi connectivity index (χ1) is 8.23. The van der Waals surface area contributed by atoms with Gasteiger partial charge in [0.2, 0.25) is 0 Å². The molecule has 0 saturated heterocycles. The average Bonchev–Trinajstić information content (AvgIpc) is 2.35. The average molecular weight is 258 g/mol. The number of methoxy groups -OCH3 is 1. The highest BCUT2D eigenvalue weighted by atomic mass is 16.5. The molecule has 0 spiro atoms. The SMILES string of the molecule is CCNC(C)(CCN(C)C(C)(C)CC)C(=O)OC. The van der Waals surface area contributed by atoms with E-state index in [0.717, 1.165) is 25.9 Å². The second-order valence-corrected chi connectivity index (χ2v) is 5.69. The number of esters is 1. The van der Waals surface area contributed by atoms with Crippen LogP contribution in [0, 0.1) is 0 Å². The summed E-state index contributed by atoms with van der Waals surface area (Å²) in [5, 5.41) is 3.23. The molecule has 0 bridgehead atoms. The molecular formula is C14H30N2O2. The predicted octanol–water partition coefficient (Wildman–Crippen LogP) is 2.04. The number of nitrogens with zero attached hydrogens (tertiary/aromatic N) is 1. The Balaban J connectivity index is 4.58. The van der Waals surface area contributed by atoms with Crippen LogP contribution in [0.2, 0.25) is 0 Å². The molecule has 0 aromatic rings. The second-order valence-electron chi connectivity index (χ2n) is 5.69. The van der Waals surface area contributed by atoms with Gasteiger partial charge in [0.15, 0.2) is 0 Å². The molecule has 0 aromatic heterocycles. The summed E-state index contributed by atoms with van der Waals surface area (Å²) in [5.74, 6) is -0.188. The summed E-state index contributed by atoms with van der Waals surface area (Å²) in [6, 6.07) is 0. The summed E-state index contributed by atoms with van der Waals surface area (Å²) < 4.78 is 4.89. The van der Waals surface area contributed by atoms with Gasteiger partial charge in [-0.15, -0.1) is 0 Å². The highest BCUT2D eigenvalue weighted by Gasteiger charge is 2.34. The molecule has 108 valence electrons. The van der Waals surface area contributed by atoms with Gasteiger partial charge in [-0.1, -0.05) is 13.8 Å². The minimum absolute atomic E-state index is 0.156. The van der Waals surface area contributed by atoms with Crippen LogP contribution in [0.4, 0.5) is 0 Å². The van der Waals surface area contributed by atoms with Gasteiger partial charge >= 0.3 is 5.97 Å². The van der Waals surface area contributed by atoms with Crippen molar-refractivity contribution >= 4 is 5.97 Å². The molecule has 0 aromatic carbocycles. The fourth-order valence-electron chi connectivity index (χ4n) is 1.84. The Morgan fingerprint density at radius 1 is 1.28 bits per heavy atom. The van der Waals surface area contributed by atoms with Gasteiger partial charge in [0, 0.05) is 12.1 Å². The molecule has 0 rings (SSSR count). The number of rotatable bonds is 8. The predicted molar refractivity (Wildman–Crippen MR) is 75.7 cm³/mol. The fraction of sp³-hybridized carbons (Fsp3) is 0.929. The van der Waals surface area contributed by atoms with Gasteiger partial charge in [0.25, 0.3) is 0 Å². The van der Waals surface area contributed by atoms with Crippen molar-refractivity contribution in [3.8, 4) is 0 Å². The number of ether oxygens (including phenoxy) is 1. The number of hydrogen-bond donors (Lipinski definition) is 1. The lowest BCUT2D eigenvalue weighted by Gasteiger charge is -2.37. The molecule has 0 radical (unpaired) electrons. The van der Waals surface area contributed by atoms with E-state index in [1.807, 2.05) is 13.8 Å². The maximum Gasteiger partial charge on any atom is 0.325 e. The Kier molecular flexibility index (Phi) is 6.86. The van der Waals surface area contributed by atoms with Crippen molar-refractivity contribution in [1.82, 2.24) is 10.2 Å². The second kappa shape index (κ2) is 7.10. The van der Waals surface area contributed by atoms with Crippen LogP contribution in [0.15, 0.2) is 0 Å². The molecule has 18 heavy (non-hydrogen) atoms. The van der Waals surface area contributed by atoms with Crippen molar-refractivity contribution in [2.75, 3.05) is 27.2 Å². The molecule has 0 saturated carbocycles. The lowest BCUT2D eigenvalue weighted by Crippen LogP contribution is -2.53. The van der Waals surface area contributed by atoms with Crippen LogP contribution in [0.3, 0.4) is 0 Å². The quantitative estimate of drug-likeness (QED) is 0.677. The smallest absolute Gasteiger partial charge is 0.325 e. The van der Waals surface area contributed by atoms with Crippen LogP contribution in [0.1, 0.15) is 47.5 Å². The third kappa shape index (κ3) is 4.58. The first kappa shape index (κ1) is 17.4. The van der Waals surface area contributed by atoms with Crippen molar-refractivity contribution in [2.24, 2.45) is 0 Å². The molecule has 0 amide bonds. The van der Waals surface area contributed by atoms with Gasteiger partial charge < -0.3 is 15.0 Å². The van der Waals surface area contributed by atoms with Gasteiger partial charge in [0.1, 0.15) is 5.54 Å². The van der Waals surface area contributed by atoms with Crippen LogP contribution in [0.25, 0.3) is 0 Å². The molecule has 1 N–H and O–H groups in total. The van der Waals surface area contributed by atoms with E-state index in [9.17, 15) is 4.79 Å². The summed E-state index contributed by atoms with van der Waals surface area (Å²) >= 11 is 0. The maximum absolute atomic E-state index is 11.9. The lowest BCUT2D eigenvalue weighted by atomic mass is 9.94. The van der Waals surface area contributed by atoms with E-state index in [4.69, 9.17) is 4.74 Å². The zero-order valence-corrected chi connectivity index (χ0v) is 13.1. The highest BCUT2D eigenvalue weighted by molar-refractivity contribution is 5.80. The van der Waals surface area contributed by atoms with E-state index in [0.29, 0.717) is 0 Å². The highest BCUT2D eigenvalue weighted by Crippen LogP contribution is 2.19. The van der Waals surface area contributed by atoms with Gasteiger partial charge in [-0.2, -0.15) is 0 Å². The van der Waals surface area contributed by atoms with E-state index in [1.54, 1.807) is 0 Å². The van der Waals surface area contributed by atoms with E-state index in [1.165, 1.54) is 7.11 Å². The number of likely N-dealkylation sites (N-methyl/N-ethyl adjacent to an activating group) is 1. The Labute approximate surface area is 112 Å². The van der Waals surface area contributed by atoms with E-state index >= 15 is 0 Å². The van der Waals surface area contributed by atoms with Crippen molar-refractivity contribution < 1.29 is 9.53 Å². The summed E-state index contributed by atoms with van der Waals surface area (Å²) in [4.78, 5) is 14.1. The van der Waals surface area contributed by atoms with Crippen LogP contribution < -0.4 is 5.32 Å². The van der Waals surface area contributed by atoms with Crippen molar-refractivity contribution in [1.29, 1.82) is 0 Å². The Morgan fingerprint density at radius 2 is 1.83 bits per heavy atom. The molecule has 0 aliphatic heterocycles. The van der Waals surface area contributed by atoms with Crippen molar-refractivity contribution in [2.45, 2.75) is 58.5 Å². The number of nitrogens with one attached hydrogen (secondary N) is 1. The molecule has 0 fully saturated rings. The Hall–Kier alpha value is -0.610. The Morgan fingerprint density at radius 3 is 2.22 bits per heavy atom. The number of carbonyl (C=O) groups is 1. The van der Waals surface area contributed by atoms with E-state index in [2.05, 4.69) is 38.0 Å². The van der Waals surface area contributed by atoms with Gasteiger partial charge in [0.05, 0.1) is 7.11 Å². The zero-order valence-electron chi connectivity index (χ0n) is 13.1. The third-order valence-corrected chi connectivity index (χ3v) is 4.05. The molecule has 0 heterocycles. The van der Waals surface area contributed by atoms with Gasteiger partial charge in [-0.05, 0) is 47.2 Å². The molecule has 4 nitrogen and oxygen atoms in total. The summed E-state index contributed by atoms with van der Waals surface area (Å²) in [5.41, 5.74) is -0.440. The van der Waals surface area contributed by atoms with Crippen LogP contribution in [0.5, 0.6) is 0 Å². The fourth-order valence-corrected chi connectivity index (χ4v) is 1.84. The minimum atomic E-state index is -0.596. The Bertz CT molecular complexity index is 267. The monoisotopic (exact) mass is 258 g/mol. The maximum atomic E-state index is 11.9. The molecule has 1 unspecified atom stereocenters. The standard InChI is InChI=1S/C14H30N2O2/c1-8-13(3,4)16(6)11-10-14(5,15-9-2)12(17)18-7/h15H,8-11H2,1-7H3. The summed E-state index contributed by atoms with van der Waals surface area (Å²) in [7, 11) is 3.55. The van der Waals surface area contributed by atoms with Gasteiger partial charge in [-0.3, -0.25) is 4.79 Å². The molecule has 0 aliphatic rings. The minimum Gasteiger partial charge on any atom is -0.468 e. The molecule has 1 atom stereocenters. The van der Waals surface area contributed by atoms with Crippen LogP contribution in [-0.4, -0.2) is 49.2 Å². The largest absolute Gasteiger partial charge is 0.468 e. The summed E-state index contributed by atoms with van der Waals surface area (Å²) in [6.07, 6.45) is 1.83. The number of hydrogen-bond acceptors (Lipinski definition) is 4. The topological polar surface area (TPSA) is 41.6 Å². The van der Waals surface area contributed by atoms with Crippen LogP contribution >= 0.6 is 0 Å². The van der Waals surface area contributed by atoms with E-state index < -0.39 is 5.54 Å². The van der Waals surface area contributed by atoms with Crippen LogP contribution in [-0.2, 0) is 9.53 Å². The zero-order chi connectivity index (χ0) is 14.4. The molecular weight excluding hydrogens is 228 g/mol. The lowest BCUT2D eigenvalue weighted by molar-refractivity contribution is -0.148. The molecule has 4 heteroatoms.